The van der Waals surface area contributed by atoms with Gasteiger partial charge in [0.05, 0.1) is 24.2 Å². The van der Waals surface area contributed by atoms with Crippen molar-refractivity contribution in [1.82, 2.24) is 0 Å². The number of ether oxygens (including phenoxy) is 2. The maximum Gasteiger partial charge on any atom is 0.305 e. The molecule has 0 aliphatic rings. The first-order valence-electron chi connectivity index (χ1n) is 24.6. The highest BCUT2D eigenvalue weighted by Crippen LogP contribution is 2.36. The minimum atomic E-state index is -3.89. The first-order chi connectivity index (χ1) is 28.6. The number of nitrogens with zero attached hydrogens (tertiary/aromatic N) is 1. The van der Waals surface area contributed by atoms with E-state index in [9.17, 15) is 23.3 Å². The number of rotatable bonds is 40. The van der Waals surface area contributed by atoms with Crippen molar-refractivity contribution in [2.75, 3.05) is 13.2 Å². The van der Waals surface area contributed by atoms with E-state index in [1.807, 2.05) is 6.92 Å². The van der Waals surface area contributed by atoms with E-state index in [4.69, 9.17) is 9.47 Å². The van der Waals surface area contributed by atoms with Gasteiger partial charge in [-0.15, -0.1) is 0 Å². The number of carbonyl (C=O) groups is 2. The second-order valence-corrected chi connectivity index (χ2v) is 20.0. The van der Waals surface area contributed by atoms with Crippen LogP contribution in [0.3, 0.4) is 0 Å². The number of hydrogen-bond acceptors (Lipinski definition) is 7. The van der Waals surface area contributed by atoms with Crippen molar-refractivity contribution >= 4 is 21.8 Å². The van der Waals surface area contributed by atoms with E-state index in [2.05, 4.69) is 33.8 Å². The lowest BCUT2D eigenvalue weighted by Gasteiger charge is -2.27. The van der Waals surface area contributed by atoms with Crippen LogP contribution in [0.5, 0.6) is 0 Å². The van der Waals surface area contributed by atoms with Gasteiger partial charge < -0.3 is 9.47 Å². The Bertz CT molecular complexity index is 1260. The van der Waals surface area contributed by atoms with E-state index < -0.39 is 14.6 Å². The van der Waals surface area contributed by atoms with Gasteiger partial charge >= 0.3 is 11.9 Å². The van der Waals surface area contributed by atoms with Gasteiger partial charge in [-0.25, -0.2) is 8.42 Å². The van der Waals surface area contributed by atoms with Crippen molar-refractivity contribution in [1.29, 1.82) is 5.26 Å². The smallest absolute Gasteiger partial charge is 0.305 e. The van der Waals surface area contributed by atoms with Crippen LogP contribution in [-0.4, -0.2) is 38.3 Å². The van der Waals surface area contributed by atoms with Crippen LogP contribution in [0.25, 0.3) is 0 Å². The van der Waals surface area contributed by atoms with Crippen LogP contribution in [0.4, 0.5) is 0 Å². The first kappa shape index (κ1) is 54.6. The summed E-state index contributed by atoms with van der Waals surface area (Å²) >= 11 is 0. The summed E-state index contributed by atoms with van der Waals surface area (Å²) in [5.41, 5.74) is 0.974. The van der Waals surface area contributed by atoms with Crippen LogP contribution in [0.1, 0.15) is 239 Å². The molecule has 0 atom stereocenters. The molecular formula is C51H89NO6S. The van der Waals surface area contributed by atoms with E-state index in [1.54, 1.807) is 24.3 Å². The van der Waals surface area contributed by atoms with Gasteiger partial charge in [0.1, 0.15) is 0 Å². The summed E-state index contributed by atoms with van der Waals surface area (Å²) in [4.78, 5) is 25.1. The highest BCUT2D eigenvalue weighted by atomic mass is 32.2. The van der Waals surface area contributed by atoms with Crippen LogP contribution >= 0.6 is 0 Å². The molecule has 0 fully saturated rings. The number of hydrogen-bond donors (Lipinski definition) is 0. The third-order valence-corrected chi connectivity index (χ3v) is 14.8. The Hall–Kier alpha value is -2.40. The van der Waals surface area contributed by atoms with Crippen molar-refractivity contribution in [3.05, 3.63) is 29.8 Å². The SMILES string of the molecule is CCCCCC(CCCCC)CCOC(=O)CCCCCCCC(C#N)(CCCCCCCC(=O)OCCC(CCCCC)CCCCC)S(=O)(=O)c1ccc(C)cc1. The van der Waals surface area contributed by atoms with Crippen molar-refractivity contribution in [3.8, 4) is 6.07 Å². The van der Waals surface area contributed by atoms with E-state index in [1.165, 1.54) is 103 Å². The van der Waals surface area contributed by atoms with Crippen LogP contribution < -0.4 is 0 Å². The molecule has 0 saturated carbocycles. The van der Waals surface area contributed by atoms with Gasteiger partial charge in [0.15, 0.2) is 14.6 Å². The Morgan fingerprint density at radius 1 is 0.542 bits per heavy atom. The molecule has 1 aromatic carbocycles. The van der Waals surface area contributed by atoms with E-state index in [0.717, 1.165) is 69.8 Å². The van der Waals surface area contributed by atoms with Crippen LogP contribution in [0.2, 0.25) is 0 Å². The third-order valence-electron chi connectivity index (χ3n) is 12.4. The molecule has 0 heterocycles. The molecule has 0 aliphatic heterocycles. The zero-order valence-electron chi connectivity index (χ0n) is 38.8. The summed E-state index contributed by atoms with van der Waals surface area (Å²) < 4.78 is 37.9. The quantitative estimate of drug-likeness (QED) is 0.0478. The predicted octanol–water partition coefficient (Wildman–Crippen LogP) is 14.9. The summed E-state index contributed by atoms with van der Waals surface area (Å²) in [5.74, 6) is 1.05. The van der Waals surface area contributed by atoms with Crippen molar-refractivity contribution < 1.29 is 27.5 Å². The molecule has 0 N–H and O–H groups in total. The molecule has 0 aromatic heterocycles. The maximum atomic E-state index is 14.1. The number of aryl methyl sites for hydroxylation is 1. The van der Waals surface area contributed by atoms with Crippen molar-refractivity contribution in [3.63, 3.8) is 0 Å². The average Bonchev–Trinajstić information content (AvgIpc) is 3.22. The van der Waals surface area contributed by atoms with Gasteiger partial charge in [-0.1, -0.05) is 199 Å². The van der Waals surface area contributed by atoms with Gasteiger partial charge in [-0.05, 0) is 69.4 Å². The molecule has 0 aliphatic carbocycles. The normalized spacial score (nSPS) is 12.0. The van der Waals surface area contributed by atoms with Crippen LogP contribution in [0, 0.1) is 30.1 Å². The first-order valence-corrected chi connectivity index (χ1v) is 26.1. The fraction of sp³-hybridized carbons (Fsp3) is 0.824. The Labute approximate surface area is 363 Å². The fourth-order valence-corrected chi connectivity index (χ4v) is 10.2. The Kier molecular flexibility index (Phi) is 32.6. The van der Waals surface area contributed by atoms with Gasteiger partial charge in [0.2, 0.25) is 0 Å². The molecule has 1 aromatic rings. The standard InChI is InChI=1S/C51H89NO6S/c1-6-10-20-28-46(29-21-11-7-2)38-42-57-49(53)32-24-16-14-18-26-40-51(44-52,59(55,56)48-36-34-45(5)35-37-48)41-27-19-15-17-25-33-50(54)58-43-39-47(30-22-12-8-3)31-23-13-9-4/h34-37,46-47H,6-33,38-43H2,1-5H3. The minimum Gasteiger partial charge on any atom is -0.466 e. The summed E-state index contributed by atoms with van der Waals surface area (Å²) in [6.07, 6.45) is 31.2. The lowest BCUT2D eigenvalue weighted by molar-refractivity contribution is -0.145. The Balaban J connectivity index is 2.53. The number of nitriles is 1. The van der Waals surface area contributed by atoms with Crippen LogP contribution in [0.15, 0.2) is 29.2 Å². The van der Waals surface area contributed by atoms with Crippen LogP contribution in [-0.2, 0) is 28.9 Å². The molecule has 1 rings (SSSR count). The number of sulfone groups is 1. The average molecular weight is 844 g/mol. The van der Waals surface area contributed by atoms with Gasteiger partial charge in [0, 0.05) is 12.8 Å². The summed E-state index contributed by atoms with van der Waals surface area (Å²) in [7, 11) is -3.89. The lowest BCUT2D eigenvalue weighted by atomic mass is 9.92. The molecule has 0 amide bonds. The number of unbranched alkanes of at least 4 members (excludes halogenated alkanes) is 16. The highest BCUT2D eigenvalue weighted by molar-refractivity contribution is 7.93. The van der Waals surface area contributed by atoms with Gasteiger partial charge in [-0.2, -0.15) is 5.26 Å². The lowest BCUT2D eigenvalue weighted by Crippen LogP contribution is -2.37. The monoisotopic (exact) mass is 844 g/mol. The summed E-state index contributed by atoms with van der Waals surface area (Å²) in [5, 5.41) is 10.5. The maximum absolute atomic E-state index is 14.1. The Morgan fingerprint density at radius 2 is 0.898 bits per heavy atom. The van der Waals surface area contributed by atoms with E-state index >= 15 is 0 Å². The molecular weight excluding hydrogens is 755 g/mol. The molecule has 59 heavy (non-hydrogen) atoms. The molecule has 8 heteroatoms. The third kappa shape index (κ3) is 25.2. The molecule has 0 saturated heterocycles. The van der Waals surface area contributed by atoms with Gasteiger partial charge in [-0.3, -0.25) is 9.59 Å². The minimum absolute atomic E-state index is 0.117. The highest BCUT2D eigenvalue weighted by Gasteiger charge is 2.44. The van der Waals surface area contributed by atoms with Crippen molar-refractivity contribution in [2.24, 2.45) is 11.8 Å². The topological polar surface area (TPSA) is 111 Å². The molecule has 7 nitrogen and oxygen atoms in total. The van der Waals surface area contributed by atoms with Gasteiger partial charge in [0.25, 0.3) is 0 Å². The Morgan fingerprint density at radius 3 is 1.25 bits per heavy atom. The number of esters is 2. The predicted molar refractivity (Wildman–Crippen MR) is 246 cm³/mol. The molecule has 0 bridgehead atoms. The van der Waals surface area contributed by atoms with Crippen molar-refractivity contribution in [2.45, 2.75) is 250 Å². The molecule has 0 spiro atoms. The molecule has 0 radical (unpaired) electrons. The van der Waals surface area contributed by atoms with E-state index in [0.29, 0.717) is 63.6 Å². The summed E-state index contributed by atoms with van der Waals surface area (Å²) in [6.45, 7) is 11.9. The largest absolute Gasteiger partial charge is 0.466 e. The number of benzene rings is 1. The molecule has 0 unspecified atom stereocenters. The molecule has 340 valence electrons. The summed E-state index contributed by atoms with van der Waals surface area (Å²) in [6, 6.07) is 9.16. The zero-order valence-corrected chi connectivity index (χ0v) is 39.6. The fourth-order valence-electron chi connectivity index (χ4n) is 8.35. The zero-order chi connectivity index (χ0) is 43.5. The number of carbonyl (C=O) groups excluding carboxylic acids is 2. The van der Waals surface area contributed by atoms with E-state index in [-0.39, 0.29) is 16.8 Å². The second kappa shape index (κ2) is 35.2. The second-order valence-electron chi connectivity index (χ2n) is 17.7.